The first-order valence-electron chi connectivity index (χ1n) is 11.8. The van der Waals surface area contributed by atoms with Gasteiger partial charge >= 0.3 is 0 Å². The second-order valence-corrected chi connectivity index (χ2v) is 9.25. The molecule has 1 aliphatic rings. The number of aromatic nitrogens is 5. The van der Waals surface area contributed by atoms with Gasteiger partial charge in [-0.25, -0.2) is 15.0 Å². The number of benzene rings is 1. The van der Waals surface area contributed by atoms with E-state index in [1.165, 1.54) is 4.68 Å². The summed E-state index contributed by atoms with van der Waals surface area (Å²) in [5, 5.41) is 4.70. The molecule has 4 heterocycles. The van der Waals surface area contributed by atoms with Crippen LogP contribution in [0.25, 0.3) is 22.0 Å². The number of pyridine rings is 1. The lowest BCUT2D eigenvalue weighted by Crippen LogP contribution is -2.58. The van der Waals surface area contributed by atoms with Gasteiger partial charge in [-0.3, -0.25) is 14.8 Å². The van der Waals surface area contributed by atoms with Crippen molar-refractivity contribution < 1.29 is 4.79 Å². The highest BCUT2D eigenvalue weighted by Gasteiger charge is 2.25. The third-order valence-corrected chi connectivity index (χ3v) is 6.28. The molecule has 0 bridgehead atoms. The molecule has 0 aliphatic carbocycles. The van der Waals surface area contributed by atoms with Gasteiger partial charge in [-0.1, -0.05) is 17.4 Å². The molecule has 0 unspecified atom stereocenters. The lowest BCUT2D eigenvalue weighted by atomic mass is 9.48. The highest BCUT2D eigenvalue weighted by molar-refractivity contribution is 6.59. The lowest BCUT2D eigenvalue weighted by molar-refractivity contribution is 0.102. The molecule has 0 atom stereocenters. The Morgan fingerprint density at radius 2 is 1.63 bits per heavy atom. The molecule has 1 fully saturated rings. The first kappa shape index (κ1) is 26.2. The van der Waals surface area contributed by atoms with E-state index in [1.807, 2.05) is 23.1 Å². The zero-order chi connectivity index (χ0) is 27.1. The van der Waals surface area contributed by atoms with Crippen LogP contribution in [-0.2, 0) is 5.24 Å². The number of anilines is 2. The number of fused-ring (bicyclic) bond motifs is 1. The first-order valence-corrected chi connectivity index (χ1v) is 11.8. The van der Waals surface area contributed by atoms with Crippen molar-refractivity contribution in [3.63, 3.8) is 0 Å². The fraction of sp³-hybridized carbons (Fsp3) is 0.261. The predicted octanol–water partition coefficient (Wildman–Crippen LogP) is -0.547. The molecule has 1 aromatic carbocycles. The number of hydrogen-bond acceptors (Lipinski definition) is 7. The molecular formula is C23H18B6N8O. The molecule has 4 aromatic rings. The second-order valence-electron chi connectivity index (χ2n) is 9.25. The van der Waals surface area contributed by atoms with E-state index in [0.717, 1.165) is 16.5 Å². The van der Waals surface area contributed by atoms with Crippen molar-refractivity contribution in [2.24, 2.45) is 0 Å². The number of carbonyl (C=O) groups excluding carboxylic acids is 1. The van der Waals surface area contributed by atoms with E-state index in [1.54, 1.807) is 41.8 Å². The Balaban J connectivity index is 1.31. The molecule has 9 nitrogen and oxygen atoms in total. The minimum absolute atomic E-state index is 0.164. The van der Waals surface area contributed by atoms with Crippen LogP contribution < -0.4 is 10.2 Å². The van der Waals surface area contributed by atoms with Crippen molar-refractivity contribution in [1.29, 1.82) is 0 Å². The van der Waals surface area contributed by atoms with Gasteiger partial charge in [0.05, 0.1) is 58.8 Å². The third kappa shape index (κ3) is 5.67. The number of amides is 1. The third-order valence-electron chi connectivity index (χ3n) is 6.28. The van der Waals surface area contributed by atoms with Gasteiger partial charge in [-0.05, 0) is 29.0 Å². The van der Waals surface area contributed by atoms with Gasteiger partial charge in [-0.2, -0.15) is 5.10 Å². The standard InChI is InChI=1S/C23H18B6N8O/c24-22(25,26)36-7-5-35(6-8-36)19-10-15(3-4-30-19)20(38)34-21-31-11-16-2-1-14(9-18(16)33-21)17-12-32-37(13-17)23(27,28)29/h1-4,9-13H,5-8H2,(H,31,33,34,38). The summed E-state index contributed by atoms with van der Waals surface area (Å²) in [5.41, 5.74) is 2.62. The molecule has 1 amide bonds. The van der Waals surface area contributed by atoms with E-state index in [2.05, 4.69) is 25.4 Å². The van der Waals surface area contributed by atoms with Gasteiger partial charge in [0, 0.05) is 61.3 Å². The van der Waals surface area contributed by atoms with Crippen LogP contribution in [0.4, 0.5) is 11.8 Å². The molecule has 0 saturated carbocycles. The zero-order valence-corrected chi connectivity index (χ0v) is 20.5. The summed E-state index contributed by atoms with van der Waals surface area (Å²) in [4.78, 5) is 30.0. The van der Waals surface area contributed by atoms with E-state index in [4.69, 9.17) is 47.1 Å². The molecule has 0 spiro atoms. The lowest BCUT2D eigenvalue weighted by Gasteiger charge is -2.43. The van der Waals surface area contributed by atoms with Gasteiger partial charge < -0.3 is 9.80 Å². The number of carbonyl (C=O) groups is 1. The molecule has 38 heavy (non-hydrogen) atoms. The molecule has 12 radical (unpaired) electrons. The van der Waals surface area contributed by atoms with Crippen LogP contribution in [-0.4, -0.2) is 114 Å². The maximum Gasteiger partial charge on any atom is 0.258 e. The number of piperazine rings is 1. The Labute approximate surface area is 228 Å². The topological polar surface area (TPSA) is 92.1 Å². The summed E-state index contributed by atoms with van der Waals surface area (Å²) in [7, 11) is 34.5. The molecule has 1 saturated heterocycles. The summed E-state index contributed by atoms with van der Waals surface area (Å²) >= 11 is 0. The molecule has 15 heteroatoms. The van der Waals surface area contributed by atoms with Gasteiger partial charge in [0.1, 0.15) is 5.82 Å². The monoisotopic (exact) mass is 488 g/mol. The number of nitrogens with one attached hydrogen (secondary N) is 1. The zero-order valence-electron chi connectivity index (χ0n) is 20.5. The summed E-state index contributed by atoms with van der Waals surface area (Å²) in [6, 6.07) is 8.95. The van der Waals surface area contributed by atoms with E-state index >= 15 is 0 Å². The summed E-state index contributed by atoms with van der Waals surface area (Å²) in [6.45, 7) is 2.37. The summed E-state index contributed by atoms with van der Waals surface area (Å²) in [5.74, 6) is 0.464. The van der Waals surface area contributed by atoms with Crippen LogP contribution in [0.2, 0.25) is 0 Å². The maximum absolute atomic E-state index is 13.0. The van der Waals surface area contributed by atoms with Crippen LogP contribution in [0, 0.1) is 0 Å². The molecule has 174 valence electrons. The SMILES string of the molecule is [B]C([B])([B])N1CCN(c2cc(C(=O)Nc3ncc4ccc(-c5cnn(C([B])([B])[B])c5)cc4n3)ccn2)CC1. The average Bonchev–Trinajstić information content (AvgIpc) is 3.39. The Hall–Kier alpha value is -3.46. The van der Waals surface area contributed by atoms with Crippen LogP contribution in [0.3, 0.4) is 0 Å². The largest absolute Gasteiger partial charge is 0.354 e. The quantitative estimate of drug-likeness (QED) is 0.365. The number of nitrogens with zero attached hydrogens (tertiary/aromatic N) is 7. The first-order chi connectivity index (χ1) is 18.0. The Morgan fingerprint density at radius 3 is 2.32 bits per heavy atom. The fourth-order valence-electron chi connectivity index (χ4n) is 4.18. The minimum Gasteiger partial charge on any atom is -0.354 e. The van der Waals surface area contributed by atoms with Crippen molar-refractivity contribution in [3.05, 3.63) is 60.7 Å². The molecule has 5 rings (SSSR count). The van der Waals surface area contributed by atoms with Crippen molar-refractivity contribution in [3.8, 4) is 11.1 Å². The van der Waals surface area contributed by atoms with Gasteiger partial charge in [0.25, 0.3) is 5.91 Å². The maximum atomic E-state index is 13.0. The summed E-state index contributed by atoms with van der Waals surface area (Å²) < 4.78 is 1.27. The Morgan fingerprint density at radius 1 is 0.868 bits per heavy atom. The Bertz CT molecular complexity index is 1480. The smallest absolute Gasteiger partial charge is 0.258 e. The minimum atomic E-state index is -1.61. The normalized spacial score (nSPS) is 15.0. The predicted molar refractivity (Wildman–Crippen MR) is 152 cm³/mol. The van der Waals surface area contributed by atoms with Crippen molar-refractivity contribution in [1.82, 2.24) is 29.6 Å². The molecule has 1 N–H and O–H groups in total. The van der Waals surface area contributed by atoms with E-state index in [-0.39, 0.29) is 11.9 Å². The van der Waals surface area contributed by atoms with Crippen molar-refractivity contribution in [2.75, 3.05) is 36.4 Å². The van der Waals surface area contributed by atoms with E-state index < -0.39 is 10.5 Å². The molecular weight excluding hydrogens is 469 g/mol. The molecule has 1 aliphatic heterocycles. The number of hydrogen-bond donors (Lipinski definition) is 1. The van der Waals surface area contributed by atoms with Gasteiger partial charge in [-0.15, -0.1) is 0 Å². The van der Waals surface area contributed by atoms with Crippen LogP contribution in [0.5, 0.6) is 0 Å². The molecule has 3 aromatic heterocycles. The van der Waals surface area contributed by atoms with Crippen LogP contribution in [0.15, 0.2) is 55.1 Å². The van der Waals surface area contributed by atoms with Gasteiger partial charge in [0.15, 0.2) is 0 Å². The summed E-state index contributed by atoms with van der Waals surface area (Å²) in [6.07, 6.45) is 6.47. The highest BCUT2D eigenvalue weighted by atomic mass is 16.1. The van der Waals surface area contributed by atoms with E-state index in [0.29, 0.717) is 43.1 Å². The second kappa shape index (κ2) is 10.0. The van der Waals surface area contributed by atoms with Crippen LogP contribution >= 0.6 is 0 Å². The van der Waals surface area contributed by atoms with Crippen molar-refractivity contribution in [2.45, 2.75) is 10.5 Å². The van der Waals surface area contributed by atoms with Crippen LogP contribution in [0.1, 0.15) is 10.4 Å². The average molecular weight is 487 g/mol. The fourth-order valence-corrected chi connectivity index (χ4v) is 4.18. The number of rotatable bonds is 6. The Kier molecular flexibility index (Phi) is 6.90. The highest BCUT2D eigenvalue weighted by Crippen LogP contribution is 2.24. The van der Waals surface area contributed by atoms with Crippen molar-refractivity contribution >= 4 is 75.7 Å². The van der Waals surface area contributed by atoms with E-state index in [9.17, 15) is 4.79 Å². The van der Waals surface area contributed by atoms with Gasteiger partial charge in [0.2, 0.25) is 5.95 Å².